The number of ether oxygens (including phenoxy) is 1. The summed E-state index contributed by atoms with van der Waals surface area (Å²) in [6, 6.07) is 2.79. The minimum absolute atomic E-state index is 0.171. The summed E-state index contributed by atoms with van der Waals surface area (Å²) in [6.07, 6.45) is 2.78. The van der Waals surface area contributed by atoms with Crippen LogP contribution in [0.15, 0.2) is 23.5 Å². The van der Waals surface area contributed by atoms with Gasteiger partial charge in [-0.25, -0.2) is 23.6 Å². The lowest BCUT2D eigenvalue weighted by molar-refractivity contribution is 0.132. The molecule has 32 heavy (non-hydrogen) atoms. The first-order valence-corrected chi connectivity index (χ1v) is 11.6. The van der Waals surface area contributed by atoms with E-state index in [2.05, 4.69) is 38.6 Å². The molecule has 1 saturated heterocycles. The average Bonchev–Trinajstić information content (AvgIpc) is 3.16. The Kier molecular flexibility index (Phi) is 7.82. The molecule has 3 amide bonds. The summed E-state index contributed by atoms with van der Waals surface area (Å²) in [5.74, 6) is 1.56. The zero-order valence-electron chi connectivity index (χ0n) is 18.6. The number of nitrogens with zero attached hydrogens (tertiary/aromatic N) is 7. The molecule has 0 atom stereocenters. The number of thioether (sulfide) groups is 1. The van der Waals surface area contributed by atoms with Crippen molar-refractivity contribution < 1.29 is 14.3 Å². The quantitative estimate of drug-likeness (QED) is 0.495. The van der Waals surface area contributed by atoms with Crippen molar-refractivity contribution in [2.45, 2.75) is 44.3 Å². The molecule has 0 aliphatic carbocycles. The zero-order valence-corrected chi connectivity index (χ0v) is 20.3. The maximum Gasteiger partial charge on any atom is 0.416 e. The van der Waals surface area contributed by atoms with Crippen LogP contribution in [-0.4, -0.2) is 66.6 Å². The summed E-state index contributed by atoms with van der Waals surface area (Å²) >= 11 is 5.84. The monoisotopic (exact) mass is 480 g/mol. The Hall–Kier alpha value is -2.54. The van der Waals surface area contributed by atoms with Crippen molar-refractivity contribution in [3.63, 3.8) is 0 Å². The topological polar surface area (TPSA) is 118 Å². The predicted molar refractivity (Wildman–Crippen MR) is 124 cm³/mol. The minimum Gasteiger partial charge on any atom is -0.391 e. The van der Waals surface area contributed by atoms with Crippen molar-refractivity contribution >= 4 is 42.4 Å². The summed E-state index contributed by atoms with van der Waals surface area (Å²) in [6.45, 7) is 6.88. The van der Waals surface area contributed by atoms with E-state index in [9.17, 15) is 9.59 Å². The number of anilines is 1. The highest BCUT2D eigenvalue weighted by Crippen LogP contribution is 2.25. The van der Waals surface area contributed by atoms with E-state index < -0.39 is 6.09 Å². The maximum atomic E-state index is 12.5. The number of urea groups is 1. The Bertz CT molecular complexity index is 923. The maximum absolute atomic E-state index is 12.5. The fraction of sp³-hybridized carbons (Fsp3) is 0.579. The largest absolute Gasteiger partial charge is 0.416 e. The third kappa shape index (κ3) is 6.73. The second-order valence-corrected chi connectivity index (χ2v) is 9.93. The van der Waals surface area contributed by atoms with Crippen LogP contribution in [0.25, 0.3) is 0 Å². The molecule has 0 unspecified atom stereocenters. The second-order valence-electron chi connectivity index (χ2n) is 8.54. The van der Waals surface area contributed by atoms with Gasteiger partial charge in [-0.2, -0.15) is 0 Å². The van der Waals surface area contributed by atoms with E-state index in [0.29, 0.717) is 24.7 Å². The SMILES string of the molecule is Cn1nnnc1SCC1CCN(C(=O)Oc2ccc(N(S)C(=O)NC(C)(C)C)cn2)CC1. The molecule has 0 radical (unpaired) electrons. The Balaban J connectivity index is 1.45. The number of likely N-dealkylation sites (tertiary alicyclic amines) is 1. The van der Waals surface area contributed by atoms with Crippen LogP contribution in [0.5, 0.6) is 5.88 Å². The second kappa shape index (κ2) is 10.4. The molecular weight excluding hydrogens is 452 g/mol. The number of aromatic nitrogens is 5. The predicted octanol–water partition coefficient (Wildman–Crippen LogP) is 2.77. The van der Waals surface area contributed by atoms with E-state index in [0.717, 1.165) is 28.1 Å². The number of pyridine rings is 1. The van der Waals surface area contributed by atoms with Gasteiger partial charge in [-0.1, -0.05) is 24.6 Å². The molecule has 174 valence electrons. The van der Waals surface area contributed by atoms with Gasteiger partial charge in [0.2, 0.25) is 11.0 Å². The normalized spacial score (nSPS) is 14.8. The average molecular weight is 481 g/mol. The summed E-state index contributed by atoms with van der Waals surface area (Å²) in [7, 11) is 1.82. The number of hydrogen-bond donors (Lipinski definition) is 2. The number of carbonyl (C=O) groups is 2. The fourth-order valence-corrected chi connectivity index (χ4v) is 4.23. The van der Waals surface area contributed by atoms with Gasteiger partial charge in [0.25, 0.3) is 0 Å². The zero-order chi connectivity index (χ0) is 23.3. The van der Waals surface area contributed by atoms with Gasteiger partial charge in [0, 0.05) is 37.5 Å². The summed E-state index contributed by atoms with van der Waals surface area (Å²) in [5, 5.41) is 15.0. The molecular formula is C19H28N8O3S2. The first kappa shape index (κ1) is 24.1. The van der Waals surface area contributed by atoms with Crippen molar-refractivity contribution in [3.05, 3.63) is 18.3 Å². The highest BCUT2D eigenvalue weighted by molar-refractivity contribution is 7.99. The molecule has 13 heteroatoms. The molecule has 0 aromatic carbocycles. The lowest BCUT2D eigenvalue weighted by Gasteiger charge is -2.30. The summed E-state index contributed by atoms with van der Waals surface area (Å²) in [4.78, 5) is 30.5. The Morgan fingerprint density at radius 3 is 2.59 bits per heavy atom. The molecule has 0 spiro atoms. The molecule has 1 aliphatic heterocycles. The Morgan fingerprint density at radius 2 is 2.03 bits per heavy atom. The van der Waals surface area contributed by atoms with Crippen molar-refractivity contribution in [1.29, 1.82) is 0 Å². The molecule has 3 rings (SSSR count). The number of piperidine rings is 1. The van der Waals surface area contributed by atoms with Gasteiger partial charge >= 0.3 is 12.1 Å². The van der Waals surface area contributed by atoms with Crippen molar-refractivity contribution in [3.8, 4) is 5.88 Å². The molecule has 0 saturated carbocycles. The molecule has 11 nitrogen and oxygen atoms in total. The number of rotatable bonds is 5. The van der Waals surface area contributed by atoms with Gasteiger partial charge in [0.1, 0.15) is 0 Å². The summed E-state index contributed by atoms with van der Waals surface area (Å²) in [5.41, 5.74) is 0.0750. The van der Waals surface area contributed by atoms with Crippen LogP contribution in [0.3, 0.4) is 0 Å². The minimum atomic E-state index is -0.429. The number of carbonyl (C=O) groups excluding carboxylic acids is 2. The first-order chi connectivity index (χ1) is 15.1. The number of nitrogens with one attached hydrogen (secondary N) is 1. The van der Waals surface area contributed by atoms with E-state index in [1.54, 1.807) is 33.5 Å². The number of aryl methyl sites for hydroxylation is 1. The van der Waals surface area contributed by atoms with E-state index >= 15 is 0 Å². The van der Waals surface area contributed by atoms with Crippen LogP contribution < -0.4 is 14.4 Å². The fourth-order valence-electron chi connectivity index (χ4n) is 3.02. The number of tetrazole rings is 1. The van der Waals surface area contributed by atoms with Crippen LogP contribution in [0.4, 0.5) is 15.3 Å². The Labute approximate surface area is 196 Å². The molecule has 2 aromatic heterocycles. The van der Waals surface area contributed by atoms with Crippen molar-refractivity contribution in [2.24, 2.45) is 13.0 Å². The smallest absolute Gasteiger partial charge is 0.391 e. The van der Waals surface area contributed by atoms with Crippen LogP contribution in [0.1, 0.15) is 33.6 Å². The van der Waals surface area contributed by atoms with Crippen LogP contribution in [0, 0.1) is 5.92 Å². The van der Waals surface area contributed by atoms with Gasteiger partial charge < -0.3 is 15.0 Å². The van der Waals surface area contributed by atoms with Gasteiger partial charge in [-0.05, 0) is 56.0 Å². The van der Waals surface area contributed by atoms with Gasteiger partial charge in [-0.3, -0.25) is 0 Å². The van der Waals surface area contributed by atoms with Crippen LogP contribution in [-0.2, 0) is 7.05 Å². The van der Waals surface area contributed by atoms with Gasteiger partial charge in [0.15, 0.2) is 0 Å². The first-order valence-electron chi connectivity index (χ1n) is 10.2. The highest BCUT2D eigenvalue weighted by Gasteiger charge is 2.25. The molecule has 1 N–H and O–H groups in total. The van der Waals surface area contributed by atoms with Crippen LogP contribution in [0.2, 0.25) is 0 Å². The number of amides is 3. The molecule has 2 aromatic rings. The van der Waals surface area contributed by atoms with Crippen molar-refractivity contribution in [1.82, 2.24) is 35.4 Å². The molecule has 1 aliphatic rings. The van der Waals surface area contributed by atoms with Crippen LogP contribution >= 0.6 is 24.6 Å². The molecule has 0 bridgehead atoms. The van der Waals surface area contributed by atoms with E-state index in [4.69, 9.17) is 4.74 Å². The van der Waals surface area contributed by atoms with Gasteiger partial charge in [0.05, 0.1) is 11.9 Å². The lowest BCUT2D eigenvalue weighted by atomic mass is 9.99. The Morgan fingerprint density at radius 1 is 1.31 bits per heavy atom. The molecule has 3 heterocycles. The lowest BCUT2D eigenvalue weighted by Crippen LogP contribution is -2.45. The number of thiol groups is 1. The summed E-state index contributed by atoms with van der Waals surface area (Å²) < 4.78 is 8.20. The molecule has 1 fully saturated rings. The van der Waals surface area contributed by atoms with Crippen molar-refractivity contribution in [2.75, 3.05) is 23.1 Å². The van der Waals surface area contributed by atoms with E-state index in [1.165, 1.54) is 6.20 Å². The third-order valence-corrected chi connectivity index (χ3v) is 6.39. The number of hydrogen-bond acceptors (Lipinski definition) is 9. The standard InChI is InChI=1S/C19H28N8O3S2/c1-19(2,3)21-16(28)27(31)14-5-6-15(20-11-14)30-18(29)26-9-7-13(8-10-26)12-32-17-22-23-24-25(17)4/h5-6,11,13,31H,7-10,12H2,1-4H3,(H,21,28). The van der Waals surface area contributed by atoms with E-state index in [1.807, 2.05) is 27.8 Å². The van der Waals surface area contributed by atoms with Gasteiger partial charge in [-0.15, -0.1) is 5.10 Å². The highest BCUT2D eigenvalue weighted by atomic mass is 32.2. The third-order valence-electron chi connectivity index (χ3n) is 4.73. The van der Waals surface area contributed by atoms with E-state index in [-0.39, 0.29) is 17.5 Å².